The molecule has 1 aliphatic heterocycles. The minimum atomic E-state index is -0.190. The van der Waals surface area contributed by atoms with Crippen LogP contribution in [0, 0.1) is 0 Å². The molecule has 176 valence electrons. The summed E-state index contributed by atoms with van der Waals surface area (Å²) in [4.78, 5) is 34.0. The Kier molecular flexibility index (Phi) is 6.91. The number of carbonyl (C=O) groups excluding carboxylic acids is 2. The number of aromatic nitrogens is 1. The van der Waals surface area contributed by atoms with Crippen molar-refractivity contribution in [1.29, 1.82) is 0 Å². The van der Waals surface area contributed by atoms with Crippen LogP contribution in [0.25, 0.3) is 10.4 Å². The smallest absolute Gasteiger partial charge is 0.274 e. The van der Waals surface area contributed by atoms with Gasteiger partial charge in [0.2, 0.25) is 0 Å². The van der Waals surface area contributed by atoms with Crippen molar-refractivity contribution in [3.63, 3.8) is 0 Å². The van der Waals surface area contributed by atoms with Crippen molar-refractivity contribution in [2.75, 3.05) is 13.1 Å². The van der Waals surface area contributed by atoms with Gasteiger partial charge in [0, 0.05) is 40.7 Å². The minimum Gasteiger partial charge on any atom is -0.350 e. The second-order valence-corrected chi connectivity index (χ2v) is 10.8. The molecule has 5 rings (SSSR count). The van der Waals surface area contributed by atoms with Crippen LogP contribution in [0.2, 0.25) is 10.0 Å². The predicted molar refractivity (Wildman–Crippen MR) is 137 cm³/mol. The number of piperidine rings is 1. The van der Waals surface area contributed by atoms with Crippen LogP contribution in [-0.2, 0) is 0 Å². The summed E-state index contributed by atoms with van der Waals surface area (Å²) in [6.45, 7) is 1.05. The molecule has 0 spiro atoms. The molecule has 0 bridgehead atoms. The number of thiazole rings is 1. The lowest BCUT2D eigenvalue weighted by atomic mass is 10.0. The molecule has 1 saturated carbocycles. The lowest BCUT2D eigenvalue weighted by molar-refractivity contribution is 0.0598. The van der Waals surface area contributed by atoms with Crippen LogP contribution in [0.4, 0.5) is 0 Å². The van der Waals surface area contributed by atoms with Gasteiger partial charge in [-0.25, -0.2) is 4.98 Å². The van der Waals surface area contributed by atoms with Gasteiger partial charge < -0.3 is 10.2 Å². The SMILES string of the molecule is O=C(NC[C@@H]1CCCCN1C(=O)c1nc(C2CC2)sc1-c1cccc(Cl)c1)c1cccc(Cl)c1. The summed E-state index contributed by atoms with van der Waals surface area (Å²) in [5.74, 6) is 0.197. The Hall–Kier alpha value is -2.41. The van der Waals surface area contributed by atoms with E-state index in [0.29, 0.717) is 40.3 Å². The number of nitrogens with one attached hydrogen (secondary N) is 1. The van der Waals surface area contributed by atoms with Crippen molar-refractivity contribution in [2.24, 2.45) is 0 Å². The summed E-state index contributed by atoms with van der Waals surface area (Å²) in [6, 6.07) is 14.4. The Balaban J connectivity index is 1.37. The van der Waals surface area contributed by atoms with Crippen LogP contribution in [0.15, 0.2) is 48.5 Å². The molecule has 1 aliphatic carbocycles. The van der Waals surface area contributed by atoms with Gasteiger partial charge in [0.25, 0.3) is 11.8 Å². The predicted octanol–water partition coefficient (Wildman–Crippen LogP) is 6.42. The number of halogens is 2. The van der Waals surface area contributed by atoms with Crippen LogP contribution < -0.4 is 5.32 Å². The highest BCUT2D eigenvalue weighted by atomic mass is 35.5. The minimum absolute atomic E-state index is 0.0696. The summed E-state index contributed by atoms with van der Waals surface area (Å²) in [5.41, 5.74) is 1.93. The Morgan fingerprint density at radius 2 is 1.79 bits per heavy atom. The van der Waals surface area contributed by atoms with E-state index in [1.165, 1.54) is 0 Å². The summed E-state index contributed by atoms with van der Waals surface area (Å²) in [6.07, 6.45) is 5.05. The first-order valence-corrected chi connectivity index (χ1v) is 13.2. The fourth-order valence-corrected chi connectivity index (χ4v) is 5.97. The van der Waals surface area contributed by atoms with Crippen molar-refractivity contribution >= 4 is 46.4 Å². The number of hydrogen-bond donors (Lipinski definition) is 1. The molecule has 3 aromatic rings. The quantitative estimate of drug-likeness (QED) is 0.413. The van der Waals surface area contributed by atoms with E-state index in [4.69, 9.17) is 28.2 Å². The zero-order valence-corrected chi connectivity index (χ0v) is 20.9. The summed E-state index contributed by atoms with van der Waals surface area (Å²) < 4.78 is 0. The monoisotopic (exact) mass is 513 g/mol. The second kappa shape index (κ2) is 10.1. The van der Waals surface area contributed by atoms with Crippen LogP contribution >= 0.6 is 34.5 Å². The van der Waals surface area contributed by atoms with Gasteiger partial charge in [-0.05, 0) is 68.0 Å². The maximum Gasteiger partial charge on any atom is 0.274 e. The topological polar surface area (TPSA) is 62.3 Å². The molecule has 0 radical (unpaired) electrons. The van der Waals surface area contributed by atoms with Gasteiger partial charge in [-0.1, -0.05) is 41.4 Å². The highest BCUT2D eigenvalue weighted by molar-refractivity contribution is 7.15. The molecule has 2 aromatic carbocycles. The molecular weight excluding hydrogens is 489 g/mol. The Labute approximate surface area is 213 Å². The lowest BCUT2D eigenvalue weighted by Crippen LogP contribution is -2.49. The molecular formula is C26H25Cl2N3O2S. The zero-order chi connectivity index (χ0) is 23.7. The summed E-state index contributed by atoms with van der Waals surface area (Å²) in [7, 11) is 0. The Morgan fingerprint density at radius 3 is 2.53 bits per heavy atom. The van der Waals surface area contributed by atoms with E-state index in [1.54, 1.807) is 35.6 Å². The number of likely N-dealkylation sites (tertiary alicyclic amines) is 1. The average molecular weight is 514 g/mol. The fraction of sp³-hybridized carbons (Fsp3) is 0.346. The van der Waals surface area contributed by atoms with Crippen LogP contribution in [0.1, 0.15) is 63.9 Å². The van der Waals surface area contributed by atoms with Crippen molar-refractivity contribution in [1.82, 2.24) is 15.2 Å². The van der Waals surface area contributed by atoms with Gasteiger partial charge in [-0.2, -0.15) is 0 Å². The molecule has 8 heteroatoms. The first kappa shape index (κ1) is 23.3. The molecule has 34 heavy (non-hydrogen) atoms. The standard InChI is InChI=1S/C26H25Cl2N3O2S/c27-19-7-3-5-17(13-19)23-22(30-25(34-23)16-10-11-16)26(33)31-12-2-1-9-21(31)15-29-24(32)18-6-4-8-20(28)14-18/h3-8,13-14,16,21H,1-2,9-12,15H2,(H,29,32)/t21-/m0/s1. The normalized spacial score (nSPS) is 18.1. The van der Waals surface area contributed by atoms with Crippen molar-refractivity contribution in [2.45, 2.75) is 44.1 Å². The van der Waals surface area contributed by atoms with Crippen LogP contribution in [-0.4, -0.2) is 40.8 Å². The van der Waals surface area contributed by atoms with Crippen LogP contribution in [0.5, 0.6) is 0 Å². The molecule has 5 nitrogen and oxygen atoms in total. The van der Waals surface area contributed by atoms with E-state index in [-0.39, 0.29) is 17.9 Å². The van der Waals surface area contributed by atoms with Gasteiger partial charge in [-0.15, -0.1) is 11.3 Å². The number of carbonyl (C=O) groups is 2. The van der Waals surface area contributed by atoms with E-state index in [1.807, 2.05) is 29.2 Å². The molecule has 0 unspecified atom stereocenters. The molecule has 1 saturated heterocycles. The van der Waals surface area contributed by atoms with Crippen LogP contribution in [0.3, 0.4) is 0 Å². The largest absolute Gasteiger partial charge is 0.350 e. The number of amides is 2. The van der Waals surface area contributed by atoms with E-state index in [0.717, 1.165) is 47.6 Å². The van der Waals surface area contributed by atoms with Gasteiger partial charge in [-0.3, -0.25) is 9.59 Å². The average Bonchev–Trinajstić information content (AvgIpc) is 3.60. The third kappa shape index (κ3) is 5.14. The second-order valence-electron chi connectivity index (χ2n) is 8.88. The third-order valence-electron chi connectivity index (χ3n) is 6.33. The van der Waals surface area contributed by atoms with E-state index >= 15 is 0 Å². The summed E-state index contributed by atoms with van der Waals surface area (Å²) in [5, 5.41) is 5.18. The highest BCUT2D eigenvalue weighted by Gasteiger charge is 2.34. The molecule has 1 atom stereocenters. The van der Waals surface area contributed by atoms with Gasteiger partial charge in [0.05, 0.1) is 9.88 Å². The molecule has 1 N–H and O–H groups in total. The number of benzene rings is 2. The first-order valence-electron chi connectivity index (χ1n) is 11.6. The molecule has 2 amide bonds. The highest BCUT2D eigenvalue weighted by Crippen LogP contribution is 2.45. The van der Waals surface area contributed by atoms with Gasteiger partial charge in [0.1, 0.15) is 5.69 Å². The number of hydrogen-bond acceptors (Lipinski definition) is 4. The molecule has 1 aromatic heterocycles. The van der Waals surface area contributed by atoms with Gasteiger partial charge in [0.15, 0.2) is 0 Å². The first-order chi connectivity index (χ1) is 16.5. The third-order valence-corrected chi connectivity index (χ3v) is 8.07. The molecule has 2 fully saturated rings. The Morgan fingerprint density at radius 1 is 1.03 bits per heavy atom. The van der Waals surface area contributed by atoms with E-state index in [2.05, 4.69) is 5.32 Å². The molecule has 2 aliphatic rings. The van der Waals surface area contributed by atoms with E-state index in [9.17, 15) is 9.59 Å². The van der Waals surface area contributed by atoms with Crippen molar-refractivity contribution in [3.05, 3.63) is 74.8 Å². The zero-order valence-electron chi connectivity index (χ0n) is 18.6. The van der Waals surface area contributed by atoms with Crippen molar-refractivity contribution < 1.29 is 9.59 Å². The maximum atomic E-state index is 13.8. The fourth-order valence-electron chi connectivity index (χ4n) is 4.37. The summed E-state index contributed by atoms with van der Waals surface area (Å²) >= 11 is 13.9. The molecule has 2 heterocycles. The number of nitrogens with zero attached hydrogens (tertiary/aromatic N) is 2. The van der Waals surface area contributed by atoms with E-state index < -0.39 is 0 Å². The van der Waals surface area contributed by atoms with Crippen molar-refractivity contribution in [3.8, 4) is 10.4 Å². The van der Waals surface area contributed by atoms with Gasteiger partial charge >= 0.3 is 0 Å². The number of rotatable bonds is 6. The Bertz CT molecular complexity index is 1220. The lowest BCUT2D eigenvalue weighted by Gasteiger charge is -2.35. The maximum absolute atomic E-state index is 13.8.